The molecule has 0 saturated carbocycles. The molecule has 6 heteroatoms. The summed E-state index contributed by atoms with van der Waals surface area (Å²) in [4.78, 5) is 12.2. The molecule has 0 spiro atoms. The highest BCUT2D eigenvalue weighted by atomic mass is 79.9. The minimum Gasteiger partial charge on any atom is -0.495 e. The Labute approximate surface area is 155 Å². The van der Waals surface area contributed by atoms with Gasteiger partial charge in [0, 0.05) is 15.5 Å². The maximum Gasteiger partial charge on any atom is 0.238 e. The molecule has 1 atom stereocenters. The second-order valence-electron chi connectivity index (χ2n) is 5.29. The van der Waals surface area contributed by atoms with Gasteiger partial charge in [-0.3, -0.25) is 4.79 Å². The molecule has 0 aliphatic rings. The van der Waals surface area contributed by atoms with Crippen molar-refractivity contribution in [1.29, 1.82) is 0 Å². The number of methoxy groups -OCH3 is 1. The van der Waals surface area contributed by atoms with Gasteiger partial charge in [0.1, 0.15) is 5.75 Å². The molecule has 2 rings (SSSR count). The van der Waals surface area contributed by atoms with E-state index in [4.69, 9.17) is 16.3 Å². The highest BCUT2D eigenvalue weighted by Gasteiger charge is 2.12. The van der Waals surface area contributed by atoms with Gasteiger partial charge in [0.2, 0.25) is 5.91 Å². The van der Waals surface area contributed by atoms with E-state index in [-0.39, 0.29) is 18.5 Å². The zero-order valence-corrected chi connectivity index (χ0v) is 15.9. The lowest BCUT2D eigenvalue weighted by Gasteiger charge is -2.18. The molecule has 24 heavy (non-hydrogen) atoms. The van der Waals surface area contributed by atoms with E-state index in [1.54, 1.807) is 25.3 Å². The molecule has 0 aliphatic heterocycles. The predicted octanol–water partition coefficient (Wildman–Crippen LogP) is 4.79. The summed E-state index contributed by atoms with van der Waals surface area (Å²) in [6.45, 7) is 2.28. The lowest BCUT2D eigenvalue weighted by Crippen LogP contribution is -2.31. The first-order valence-corrected chi connectivity index (χ1v) is 8.82. The number of benzene rings is 2. The highest BCUT2D eigenvalue weighted by molar-refractivity contribution is 9.10. The van der Waals surface area contributed by atoms with Crippen LogP contribution >= 0.6 is 27.5 Å². The van der Waals surface area contributed by atoms with Crippen LogP contribution in [0, 0.1) is 0 Å². The van der Waals surface area contributed by atoms with Crippen LogP contribution in [0.2, 0.25) is 5.02 Å². The summed E-state index contributed by atoms with van der Waals surface area (Å²) < 4.78 is 6.26. The Morgan fingerprint density at radius 2 is 1.96 bits per heavy atom. The largest absolute Gasteiger partial charge is 0.495 e. The number of halogens is 2. The van der Waals surface area contributed by atoms with Gasteiger partial charge in [0.15, 0.2) is 0 Å². The van der Waals surface area contributed by atoms with Gasteiger partial charge in [-0.2, -0.15) is 0 Å². The van der Waals surface area contributed by atoms with Crippen molar-refractivity contribution in [2.45, 2.75) is 19.4 Å². The summed E-state index contributed by atoms with van der Waals surface area (Å²) in [6.07, 6.45) is 0.884. The lowest BCUT2D eigenvalue weighted by atomic mass is 10.0. The molecule has 0 aliphatic carbocycles. The van der Waals surface area contributed by atoms with Gasteiger partial charge in [-0.15, -0.1) is 0 Å². The Hall–Kier alpha value is -1.56. The third kappa shape index (κ3) is 5.23. The van der Waals surface area contributed by atoms with Crippen LogP contribution in [0.3, 0.4) is 0 Å². The van der Waals surface area contributed by atoms with Gasteiger partial charge in [-0.25, -0.2) is 0 Å². The van der Waals surface area contributed by atoms with E-state index in [1.165, 1.54) is 0 Å². The fourth-order valence-corrected chi connectivity index (χ4v) is 2.82. The van der Waals surface area contributed by atoms with Crippen LogP contribution < -0.4 is 15.4 Å². The second kappa shape index (κ2) is 9.06. The van der Waals surface area contributed by atoms with Gasteiger partial charge in [-0.05, 0) is 42.3 Å². The molecule has 0 fully saturated rings. The summed E-state index contributed by atoms with van der Waals surface area (Å²) in [5.41, 5.74) is 1.71. The Bertz CT molecular complexity index is 692. The number of ether oxygens (including phenoxy) is 1. The molecule has 0 radical (unpaired) electrons. The zero-order valence-electron chi connectivity index (χ0n) is 13.6. The number of anilines is 1. The Kier molecular flexibility index (Phi) is 7.09. The lowest BCUT2D eigenvalue weighted by molar-refractivity contribution is -0.115. The molecule has 2 aromatic rings. The van der Waals surface area contributed by atoms with E-state index in [9.17, 15) is 4.79 Å². The molecule has 0 saturated heterocycles. The molecule has 0 heterocycles. The van der Waals surface area contributed by atoms with Gasteiger partial charge < -0.3 is 15.4 Å². The molecule has 2 aromatic carbocycles. The second-order valence-corrected chi connectivity index (χ2v) is 6.64. The molecule has 0 bridgehead atoms. The number of hydrogen-bond acceptors (Lipinski definition) is 3. The van der Waals surface area contributed by atoms with Crippen molar-refractivity contribution in [2.24, 2.45) is 0 Å². The molecule has 0 aromatic heterocycles. The van der Waals surface area contributed by atoms with Gasteiger partial charge in [0.25, 0.3) is 0 Å². The van der Waals surface area contributed by atoms with Crippen molar-refractivity contribution in [3.8, 4) is 5.75 Å². The standard InChI is InChI=1S/C18H20BrClN2O2/c1-3-15(12-4-6-13(19)7-5-12)21-11-18(23)22-16-10-14(20)8-9-17(16)24-2/h4-10,15,21H,3,11H2,1-2H3,(H,22,23)/t15-/m0/s1. The normalized spacial score (nSPS) is 11.8. The summed E-state index contributed by atoms with van der Waals surface area (Å²) >= 11 is 9.40. The summed E-state index contributed by atoms with van der Waals surface area (Å²) in [6, 6.07) is 13.3. The number of carbonyl (C=O) groups is 1. The van der Waals surface area contributed by atoms with Gasteiger partial charge >= 0.3 is 0 Å². The van der Waals surface area contributed by atoms with Crippen molar-refractivity contribution in [2.75, 3.05) is 19.0 Å². The van der Waals surface area contributed by atoms with E-state index >= 15 is 0 Å². The van der Waals surface area contributed by atoms with Crippen LogP contribution in [0.1, 0.15) is 24.9 Å². The predicted molar refractivity (Wildman–Crippen MR) is 102 cm³/mol. The number of carbonyl (C=O) groups excluding carboxylic acids is 1. The van der Waals surface area contributed by atoms with Crippen LogP contribution in [0.5, 0.6) is 5.75 Å². The SMILES string of the molecule is CC[C@H](NCC(=O)Nc1cc(Cl)ccc1OC)c1ccc(Br)cc1. The molecule has 1 amide bonds. The van der Waals surface area contributed by atoms with E-state index in [1.807, 2.05) is 24.3 Å². The first-order chi connectivity index (χ1) is 11.5. The van der Waals surface area contributed by atoms with Gasteiger partial charge in [-0.1, -0.05) is 46.6 Å². The summed E-state index contributed by atoms with van der Waals surface area (Å²) in [5, 5.41) is 6.64. The third-order valence-electron chi connectivity index (χ3n) is 3.63. The average molecular weight is 412 g/mol. The Morgan fingerprint density at radius 1 is 1.25 bits per heavy atom. The number of nitrogens with one attached hydrogen (secondary N) is 2. The first-order valence-electron chi connectivity index (χ1n) is 7.65. The molecular formula is C18H20BrClN2O2. The van der Waals surface area contributed by atoms with Crippen molar-refractivity contribution in [3.63, 3.8) is 0 Å². The van der Waals surface area contributed by atoms with Crippen LogP contribution in [0.25, 0.3) is 0 Å². The Balaban J connectivity index is 1.97. The smallest absolute Gasteiger partial charge is 0.238 e. The average Bonchev–Trinajstić information content (AvgIpc) is 2.57. The summed E-state index contributed by atoms with van der Waals surface area (Å²) in [5.74, 6) is 0.429. The zero-order chi connectivity index (χ0) is 17.5. The minimum atomic E-state index is -0.147. The molecule has 0 unspecified atom stereocenters. The molecular weight excluding hydrogens is 392 g/mol. The van der Waals surface area contributed by atoms with Crippen LogP contribution in [0.15, 0.2) is 46.9 Å². The maximum atomic E-state index is 12.2. The number of rotatable bonds is 7. The highest BCUT2D eigenvalue weighted by Crippen LogP contribution is 2.27. The molecule has 4 nitrogen and oxygen atoms in total. The fraction of sp³-hybridized carbons (Fsp3) is 0.278. The summed E-state index contributed by atoms with van der Waals surface area (Å²) in [7, 11) is 1.55. The van der Waals surface area contributed by atoms with E-state index in [0.29, 0.717) is 16.5 Å². The number of amides is 1. The van der Waals surface area contributed by atoms with Crippen LogP contribution in [-0.2, 0) is 4.79 Å². The monoisotopic (exact) mass is 410 g/mol. The topological polar surface area (TPSA) is 50.4 Å². The van der Waals surface area contributed by atoms with Crippen LogP contribution in [-0.4, -0.2) is 19.6 Å². The van der Waals surface area contributed by atoms with E-state index in [2.05, 4.69) is 33.5 Å². The third-order valence-corrected chi connectivity index (χ3v) is 4.39. The van der Waals surface area contributed by atoms with E-state index in [0.717, 1.165) is 16.5 Å². The minimum absolute atomic E-state index is 0.116. The van der Waals surface area contributed by atoms with E-state index < -0.39 is 0 Å². The van der Waals surface area contributed by atoms with Crippen LogP contribution in [0.4, 0.5) is 5.69 Å². The molecule has 128 valence electrons. The van der Waals surface area contributed by atoms with Crippen molar-refractivity contribution in [1.82, 2.24) is 5.32 Å². The van der Waals surface area contributed by atoms with Crippen molar-refractivity contribution < 1.29 is 9.53 Å². The van der Waals surface area contributed by atoms with Crippen molar-refractivity contribution >= 4 is 39.1 Å². The quantitative estimate of drug-likeness (QED) is 0.688. The fourth-order valence-electron chi connectivity index (χ4n) is 2.38. The number of hydrogen-bond donors (Lipinski definition) is 2. The Morgan fingerprint density at radius 3 is 2.58 bits per heavy atom. The van der Waals surface area contributed by atoms with Gasteiger partial charge in [0.05, 0.1) is 19.3 Å². The maximum absolute atomic E-state index is 12.2. The molecule has 2 N–H and O–H groups in total. The van der Waals surface area contributed by atoms with Crippen molar-refractivity contribution in [3.05, 3.63) is 57.5 Å². The first kappa shape index (κ1) is 18.8.